The van der Waals surface area contributed by atoms with E-state index in [0.29, 0.717) is 11.4 Å². The number of nitrogens with zero attached hydrogens (tertiary/aromatic N) is 1. The predicted octanol–water partition coefficient (Wildman–Crippen LogP) is 0.461. The molecule has 2 aromatic rings. The van der Waals surface area contributed by atoms with Crippen molar-refractivity contribution in [3.8, 4) is 0 Å². The average molecular weight is 274 g/mol. The van der Waals surface area contributed by atoms with Gasteiger partial charge in [-0.3, -0.25) is 9.78 Å². The van der Waals surface area contributed by atoms with Crippen molar-refractivity contribution >= 4 is 24.2 Å². The fourth-order valence-corrected chi connectivity index (χ4v) is 1.65. The van der Waals surface area contributed by atoms with E-state index in [-0.39, 0.29) is 11.0 Å². The second-order valence-electron chi connectivity index (χ2n) is 4.24. The molecule has 1 aromatic carbocycles. The minimum Gasteiger partial charge on any atom is -0.423 e. The number of amides is 1. The molecular weight excluding hydrogens is 262 g/mol. The third-order valence-electron chi connectivity index (χ3n) is 2.75. The van der Waals surface area contributed by atoms with Gasteiger partial charge in [0.25, 0.3) is 5.91 Å². The first-order chi connectivity index (χ1) is 9.47. The van der Waals surface area contributed by atoms with Crippen LogP contribution in [-0.2, 0) is 0 Å². The average Bonchev–Trinajstić information content (AvgIpc) is 2.41. The van der Waals surface area contributed by atoms with Crippen LogP contribution >= 0.6 is 0 Å². The number of carbonyl (C=O) groups excluding carboxylic acids is 1. The van der Waals surface area contributed by atoms with Crippen molar-refractivity contribution in [1.29, 1.82) is 0 Å². The second kappa shape index (κ2) is 5.81. The van der Waals surface area contributed by atoms with Crippen LogP contribution in [0.25, 0.3) is 0 Å². The molecule has 0 aliphatic heterocycles. The second-order valence-corrected chi connectivity index (χ2v) is 4.24. The van der Waals surface area contributed by atoms with Gasteiger partial charge in [0.2, 0.25) is 0 Å². The Kier molecular flexibility index (Phi) is 4.12. The van der Waals surface area contributed by atoms with Crippen LogP contribution in [0, 0.1) is 12.7 Å². The SMILES string of the molecule is Cc1ncc(B(O)O)cc1C(=O)Nc1ccc(F)cc1. The van der Waals surface area contributed by atoms with E-state index >= 15 is 0 Å². The first-order valence-electron chi connectivity index (χ1n) is 5.87. The van der Waals surface area contributed by atoms with Crippen LogP contribution in [-0.4, -0.2) is 28.1 Å². The number of nitrogens with one attached hydrogen (secondary N) is 1. The molecule has 1 aromatic heterocycles. The summed E-state index contributed by atoms with van der Waals surface area (Å²) in [4.78, 5) is 16.0. The van der Waals surface area contributed by atoms with Gasteiger partial charge in [-0.15, -0.1) is 0 Å². The van der Waals surface area contributed by atoms with E-state index < -0.39 is 18.8 Å². The number of anilines is 1. The number of benzene rings is 1. The number of rotatable bonds is 3. The summed E-state index contributed by atoms with van der Waals surface area (Å²) in [5.41, 5.74) is 1.24. The van der Waals surface area contributed by atoms with Crippen LogP contribution in [0.4, 0.5) is 10.1 Å². The lowest BCUT2D eigenvalue weighted by atomic mass is 9.80. The number of aromatic nitrogens is 1. The Morgan fingerprint density at radius 1 is 1.30 bits per heavy atom. The van der Waals surface area contributed by atoms with Gasteiger partial charge in [-0.25, -0.2) is 4.39 Å². The molecule has 0 bridgehead atoms. The fraction of sp³-hybridized carbons (Fsp3) is 0.0769. The zero-order valence-corrected chi connectivity index (χ0v) is 10.7. The summed E-state index contributed by atoms with van der Waals surface area (Å²) in [7, 11) is -1.69. The molecule has 1 heterocycles. The third-order valence-corrected chi connectivity index (χ3v) is 2.75. The zero-order chi connectivity index (χ0) is 14.7. The van der Waals surface area contributed by atoms with E-state index in [9.17, 15) is 9.18 Å². The molecule has 7 heteroatoms. The van der Waals surface area contributed by atoms with Gasteiger partial charge in [0.1, 0.15) is 5.82 Å². The summed E-state index contributed by atoms with van der Waals surface area (Å²) in [6.45, 7) is 1.63. The van der Waals surface area contributed by atoms with Gasteiger partial charge >= 0.3 is 7.12 Å². The van der Waals surface area contributed by atoms with Crippen molar-refractivity contribution < 1.29 is 19.2 Å². The van der Waals surface area contributed by atoms with E-state index in [1.54, 1.807) is 6.92 Å². The monoisotopic (exact) mass is 274 g/mol. The van der Waals surface area contributed by atoms with Crippen molar-refractivity contribution in [2.75, 3.05) is 5.32 Å². The number of pyridine rings is 1. The summed E-state index contributed by atoms with van der Waals surface area (Å²) in [6, 6.07) is 6.68. The van der Waals surface area contributed by atoms with Crippen molar-refractivity contribution in [3.63, 3.8) is 0 Å². The first kappa shape index (κ1) is 14.2. The maximum Gasteiger partial charge on any atom is 0.490 e. The van der Waals surface area contributed by atoms with E-state index in [1.165, 1.54) is 36.5 Å². The molecule has 0 radical (unpaired) electrons. The fourth-order valence-electron chi connectivity index (χ4n) is 1.65. The minimum absolute atomic E-state index is 0.125. The third kappa shape index (κ3) is 3.20. The molecule has 0 aliphatic carbocycles. The zero-order valence-electron chi connectivity index (χ0n) is 10.7. The van der Waals surface area contributed by atoms with Crippen LogP contribution in [0.1, 0.15) is 16.1 Å². The summed E-state index contributed by atoms with van der Waals surface area (Å²) in [5.74, 6) is -0.852. The van der Waals surface area contributed by atoms with E-state index in [4.69, 9.17) is 10.0 Å². The maximum absolute atomic E-state index is 12.8. The van der Waals surface area contributed by atoms with Gasteiger partial charge in [0.05, 0.1) is 5.56 Å². The van der Waals surface area contributed by atoms with Gasteiger partial charge in [0, 0.05) is 23.0 Å². The lowest BCUT2D eigenvalue weighted by molar-refractivity contribution is 0.102. The van der Waals surface area contributed by atoms with Crippen LogP contribution < -0.4 is 10.8 Å². The summed E-state index contributed by atoms with van der Waals surface area (Å²) in [5, 5.41) is 20.8. The highest BCUT2D eigenvalue weighted by Crippen LogP contribution is 2.11. The van der Waals surface area contributed by atoms with E-state index in [2.05, 4.69) is 10.3 Å². The standard InChI is InChI=1S/C13H12BFN2O3/c1-8-12(6-9(7-16-8)14(19)20)13(18)17-11-4-2-10(15)3-5-11/h2-7,19-20H,1H3,(H,17,18). The normalized spacial score (nSPS) is 10.2. The van der Waals surface area contributed by atoms with E-state index in [0.717, 1.165) is 0 Å². The highest BCUT2D eigenvalue weighted by molar-refractivity contribution is 6.58. The van der Waals surface area contributed by atoms with Crippen LogP contribution in [0.5, 0.6) is 0 Å². The van der Waals surface area contributed by atoms with Gasteiger partial charge in [-0.05, 0) is 37.3 Å². The van der Waals surface area contributed by atoms with Crippen molar-refractivity contribution in [1.82, 2.24) is 4.98 Å². The molecule has 0 fully saturated rings. The molecular formula is C13H12BFN2O3. The molecule has 0 spiro atoms. The molecule has 0 aliphatic rings. The smallest absolute Gasteiger partial charge is 0.423 e. The molecule has 1 amide bonds. The maximum atomic E-state index is 12.8. The molecule has 3 N–H and O–H groups in total. The number of aryl methyl sites for hydroxylation is 1. The van der Waals surface area contributed by atoms with Crippen LogP contribution in [0.2, 0.25) is 0 Å². The molecule has 5 nitrogen and oxygen atoms in total. The van der Waals surface area contributed by atoms with Crippen molar-refractivity contribution in [3.05, 3.63) is 53.6 Å². The summed E-state index contributed by atoms with van der Waals surface area (Å²) < 4.78 is 12.8. The Bertz CT molecular complexity index is 632. The molecule has 20 heavy (non-hydrogen) atoms. The Morgan fingerprint density at radius 2 is 1.95 bits per heavy atom. The number of halogens is 1. The Hall–Kier alpha value is -2.25. The largest absolute Gasteiger partial charge is 0.490 e. The molecule has 0 saturated carbocycles. The highest BCUT2D eigenvalue weighted by atomic mass is 19.1. The molecule has 0 atom stereocenters. The number of hydrogen-bond donors (Lipinski definition) is 3. The van der Waals surface area contributed by atoms with Gasteiger partial charge in [-0.1, -0.05) is 0 Å². The van der Waals surface area contributed by atoms with Crippen molar-refractivity contribution in [2.45, 2.75) is 6.92 Å². The molecule has 102 valence electrons. The Balaban J connectivity index is 2.24. The molecule has 0 saturated heterocycles. The summed E-state index contributed by atoms with van der Waals surface area (Å²) >= 11 is 0. The highest BCUT2D eigenvalue weighted by Gasteiger charge is 2.17. The first-order valence-corrected chi connectivity index (χ1v) is 5.87. The summed E-state index contributed by atoms with van der Waals surface area (Å²) in [6.07, 6.45) is 1.29. The van der Waals surface area contributed by atoms with Gasteiger partial charge in [-0.2, -0.15) is 0 Å². The van der Waals surface area contributed by atoms with Crippen molar-refractivity contribution in [2.24, 2.45) is 0 Å². The van der Waals surface area contributed by atoms with Gasteiger partial charge < -0.3 is 15.4 Å². The molecule has 0 unspecified atom stereocenters. The van der Waals surface area contributed by atoms with Crippen LogP contribution in [0.15, 0.2) is 36.5 Å². The molecule has 2 rings (SSSR count). The lowest BCUT2D eigenvalue weighted by Gasteiger charge is -2.09. The minimum atomic E-state index is -1.69. The quantitative estimate of drug-likeness (QED) is 0.710. The lowest BCUT2D eigenvalue weighted by Crippen LogP contribution is -2.32. The predicted molar refractivity (Wildman–Crippen MR) is 73.2 cm³/mol. The topological polar surface area (TPSA) is 82.5 Å². The Labute approximate surface area is 115 Å². The van der Waals surface area contributed by atoms with Gasteiger partial charge in [0.15, 0.2) is 0 Å². The Morgan fingerprint density at radius 3 is 2.55 bits per heavy atom. The number of hydrogen-bond acceptors (Lipinski definition) is 4. The van der Waals surface area contributed by atoms with E-state index in [1.807, 2.05) is 0 Å². The van der Waals surface area contributed by atoms with Crippen LogP contribution in [0.3, 0.4) is 0 Å². The number of carbonyl (C=O) groups is 1.